The molecule has 1 N–H and O–H groups in total. The number of aryl methyl sites for hydroxylation is 1. The van der Waals surface area contributed by atoms with E-state index in [0.717, 1.165) is 61.4 Å². The zero-order chi connectivity index (χ0) is 25.1. The molecule has 1 saturated heterocycles. The monoisotopic (exact) mass is 546 g/mol. The molecule has 1 aliphatic carbocycles. The highest BCUT2D eigenvalue weighted by Gasteiger charge is 2.28. The average molecular weight is 547 g/mol. The average Bonchev–Trinajstić information content (AvgIpc) is 3.64. The molecule has 0 spiro atoms. The normalized spacial score (nSPS) is 17.4. The number of thiophene rings is 2. The van der Waals surface area contributed by atoms with Gasteiger partial charge in [0.1, 0.15) is 5.00 Å². The molecule has 11 heteroatoms. The number of nitrogens with one attached hydrogen (secondary N) is 1. The van der Waals surface area contributed by atoms with Crippen molar-refractivity contribution < 1.29 is 19.1 Å². The van der Waals surface area contributed by atoms with Gasteiger partial charge in [-0.05, 0) is 69.4 Å². The molecule has 1 unspecified atom stereocenters. The van der Waals surface area contributed by atoms with Gasteiger partial charge in [-0.2, -0.15) is 0 Å². The van der Waals surface area contributed by atoms with Gasteiger partial charge in [-0.1, -0.05) is 17.8 Å². The van der Waals surface area contributed by atoms with Crippen LogP contribution in [-0.2, 0) is 33.7 Å². The lowest BCUT2D eigenvalue weighted by molar-refractivity contribution is -0.113. The first-order valence-electron chi connectivity index (χ1n) is 12.4. The molecule has 1 amide bonds. The van der Waals surface area contributed by atoms with Crippen molar-refractivity contribution in [3.8, 4) is 10.7 Å². The lowest BCUT2D eigenvalue weighted by atomic mass is 9.95. The second-order valence-corrected chi connectivity index (χ2v) is 12.2. The van der Waals surface area contributed by atoms with E-state index in [9.17, 15) is 9.59 Å². The SMILES string of the molecule is CC(C)OC(=O)c1c(NC(=O)CSc2nnc(-c3cccs3)n2CC2CCCO2)sc2c1CCCC2. The Morgan fingerprint density at radius 2 is 2.14 bits per heavy atom. The molecular weight excluding hydrogens is 517 g/mol. The maximum absolute atomic E-state index is 13.0. The highest BCUT2D eigenvalue weighted by Crippen LogP contribution is 2.39. The van der Waals surface area contributed by atoms with Gasteiger partial charge in [0.25, 0.3) is 0 Å². The van der Waals surface area contributed by atoms with Crippen LogP contribution in [-0.4, -0.2) is 51.2 Å². The molecular formula is C25H30N4O4S3. The van der Waals surface area contributed by atoms with Crippen molar-refractivity contribution in [1.82, 2.24) is 14.8 Å². The van der Waals surface area contributed by atoms with Crippen LogP contribution in [0.4, 0.5) is 5.00 Å². The molecule has 0 bridgehead atoms. The first-order valence-corrected chi connectivity index (χ1v) is 15.0. The molecule has 1 aliphatic heterocycles. The highest BCUT2D eigenvalue weighted by molar-refractivity contribution is 7.99. The quantitative estimate of drug-likeness (QED) is 0.283. The van der Waals surface area contributed by atoms with Crippen LogP contribution in [0.1, 0.15) is 60.3 Å². The third-order valence-corrected chi connectivity index (χ3v) is 9.21. The van der Waals surface area contributed by atoms with Crippen LogP contribution in [0.15, 0.2) is 22.7 Å². The summed E-state index contributed by atoms with van der Waals surface area (Å²) in [5.74, 6) is 0.425. The summed E-state index contributed by atoms with van der Waals surface area (Å²) in [7, 11) is 0. The van der Waals surface area contributed by atoms with Crippen molar-refractivity contribution >= 4 is 51.3 Å². The van der Waals surface area contributed by atoms with Crippen molar-refractivity contribution in [3.63, 3.8) is 0 Å². The molecule has 1 fully saturated rings. The maximum Gasteiger partial charge on any atom is 0.341 e. The summed E-state index contributed by atoms with van der Waals surface area (Å²) in [6.45, 7) is 5.11. The fourth-order valence-corrected chi connectivity index (χ4v) is 7.33. The smallest absolute Gasteiger partial charge is 0.341 e. The van der Waals surface area contributed by atoms with Crippen LogP contribution < -0.4 is 5.32 Å². The molecule has 0 radical (unpaired) electrons. The topological polar surface area (TPSA) is 95.3 Å². The number of hydrogen-bond donors (Lipinski definition) is 1. The molecule has 4 heterocycles. The van der Waals surface area contributed by atoms with Crippen molar-refractivity contribution in [2.75, 3.05) is 17.7 Å². The van der Waals surface area contributed by atoms with Crippen LogP contribution >= 0.6 is 34.4 Å². The molecule has 3 aromatic rings. The number of hydrogen-bond acceptors (Lipinski definition) is 9. The van der Waals surface area contributed by atoms with Crippen LogP contribution in [0.3, 0.4) is 0 Å². The fourth-order valence-electron chi connectivity index (χ4n) is 4.58. The minimum Gasteiger partial charge on any atom is -0.459 e. The number of rotatable bonds is 9. The van der Waals surface area contributed by atoms with Crippen LogP contribution in [0.2, 0.25) is 0 Å². The summed E-state index contributed by atoms with van der Waals surface area (Å²) in [5.41, 5.74) is 1.57. The highest BCUT2D eigenvalue weighted by atomic mass is 32.2. The van der Waals surface area contributed by atoms with E-state index in [1.165, 1.54) is 28.0 Å². The zero-order valence-corrected chi connectivity index (χ0v) is 22.9. The van der Waals surface area contributed by atoms with E-state index in [-0.39, 0.29) is 29.8 Å². The number of anilines is 1. The van der Waals surface area contributed by atoms with E-state index in [0.29, 0.717) is 22.3 Å². The molecule has 8 nitrogen and oxygen atoms in total. The third-order valence-electron chi connectivity index (χ3n) is 6.17. The zero-order valence-electron chi connectivity index (χ0n) is 20.5. The predicted molar refractivity (Wildman–Crippen MR) is 143 cm³/mol. The second-order valence-electron chi connectivity index (χ2n) is 9.24. The number of amides is 1. The molecule has 36 heavy (non-hydrogen) atoms. The van der Waals surface area contributed by atoms with Crippen LogP contribution in [0, 0.1) is 0 Å². The Labute approximate surface area is 222 Å². The molecule has 5 rings (SSSR count). The third kappa shape index (κ3) is 5.69. The van der Waals surface area contributed by atoms with Crippen molar-refractivity contribution in [1.29, 1.82) is 0 Å². The van der Waals surface area contributed by atoms with E-state index in [1.54, 1.807) is 11.3 Å². The van der Waals surface area contributed by atoms with Crippen molar-refractivity contribution in [2.45, 2.75) is 76.3 Å². The fraction of sp³-hybridized carbons (Fsp3) is 0.520. The summed E-state index contributed by atoms with van der Waals surface area (Å²) < 4.78 is 13.4. The second kappa shape index (κ2) is 11.5. The van der Waals surface area contributed by atoms with Gasteiger partial charge in [0.15, 0.2) is 11.0 Å². The lowest BCUT2D eigenvalue weighted by Gasteiger charge is -2.14. The van der Waals surface area contributed by atoms with E-state index >= 15 is 0 Å². The summed E-state index contributed by atoms with van der Waals surface area (Å²) in [6.07, 6.45) is 5.89. The number of thioether (sulfide) groups is 1. The largest absolute Gasteiger partial charge is 0.459 e. The minimum atomic E-state index is -0.357. The number of aromatic nitrogens is 3. The predicted octanol–water partition coefficient (Wildman–Crippen LogP) is 5.42. The van der Waals surface area contributed by atoms with E-state index in [4.69, 9.17) is 9.47 Å². The Bertz CT molecular complexity index is 1210. The van der Waals surface area contributed by atoms with E-state index < -0.39 is 0 Å². The van der Waals surface area contributed by atoms with Gasteiger partial charge in [-0.3, -0.25) is 9.36 Å². The summed E-state index contributed by atoms with van der Waals surface area (Å²) >= 11 is 4.47. The van der Waals surface area contributed by atoms with Crippen LogP contribution in [0.25, 0.3) is 10.7 Å². The Kier molecular flexibility index (Phi) is 8.09. The molecule has 0 aromatic carbocycles. The first-order chi connectivity index (χ1) is 17.5. The number of carbonyl (C=O) groups excluding carboxylic acids is 2. The molecule has 1 atom stereocenters. The molecule has 0 saturated carbocycles. The van der Waals surface area contributed by atoms with Gasteiger partial charge in [0, 0.05) is 11.5 Å². The summed E-state index contributed by atoms with van der Waals surface area (Å²) in [5, 5.41) is 15.1. The summed E-state index contributed by atoms with van der Waals surface area (Å²) in [4.78, 5) is 28.1. The first kappa shape index (κ1) is 25.4. The number of fused-ring (bicyclic) bond motifs is 1. The van der Waals surface area contributed by atoms with E-state index in [1.807, 2.05) is 31.4 Å². The number of nitrogens with zero attached hydrogens (tertiary/aromatic N) is 3. The molecule has 2 aliphatic rings. The van der Waals surface area contributed by atoms with Gasteiger partial charge < -0.3 is 14.8 Å². The standard InChI is InChI=1S/C25H30N4O4S3/c1-15(2)33-24(31)21-17-8-3-4-9-18(17)36-23(21)26-20(30)14-35-25-28-27-22(19-10-6-12-34-19)29(25)13-16-7-5-11-32-16/h6,10,12,15-16H,3-5,7-9,11,13-14H2,1-2H3,(H,26,30). The Morgan fingerprint density at radius 1 is 1.28 bits per heavy atom. The minimum absolute atomic E-state index is 0.125. The van der Waals surface area contributed by atoms with Gasteiger partial charge in [0.2, 0.25) is 5.91 Å². The van der Waals surface area contributed by atoms with Crippen LogP contribution in [0.5, 0.6) is 0 Å². The van der Waals surface area contributed by atoms with Gasteiger partial charge in [0.05, 0.1) is 34.9 Å². The Balaban J connectivity index is 1.31. The van der Waals surface area contributed by atoms with Gasteiger partial charge in [-0.15, -0.1) is 32.9 Å². The number of esters is 1. The van der Waals surface area contributed by atoms with Gasteiger partial charge >= 0.3 is 5.97 Å². The molecule has 192 valence electrons. The van der Waals surface area contributed by atoms with Crippen molar-refractivity contribution in [3.05, 3.63) is 33.5 Å². The summed E-state index contributed by atoms with van der Waals surface area (Å²) in [6, 6.07) is 4.02. The molecule has 3 aromatic heterocycles. The Morgan fingerprint density at radius 3 is 2.89 bits per heavy atom. The Hall–Kier alpha value is -2.21. The maximum atomic E-state index is 13.0. The number of ether oxygens (including phenoxy) is 2. The van der Waals surface area contributed by atoms with E-state index in [2.05, 4.69) is 20.1 Å². The lowest BCUT2D eigenvalue weighted by Crippen LogP contribution is -2.19. The van der Waals surface area contributed by atoms with Crippen molar-refractivity contribution in [2.24, 2.45) is 0 Å². The number of carbonyl (C=O) groups is 2. The van der Waals surface area contributed by atoms with Gasteiger partial charge in [-0.25, -0.2) is 4.79 Å².